The lowest BCUT2D eigenvalue weighted by Crippen LogP contribution is -2.42. The highest BCUT2D eigenvalue weighted by atomic mass is 15.2. The fourth-order valence-electron chi connectivity index (χ4n) is 3.84. The summed E-state index contributed by atoms with van der Waals surface area (Å²) < 4.78 is 0. The molecule has 3 N–H and O–H groups in total. The fraction of sp³-hybridized carbons (Fsp3) is 0.684. The molecule has 1 saturated carbocycles. The number of hydrogen-bond acceptors (Lipinski definition) is 2. The van der Waals surface area contributed by atoms with Crippen molar-refractivity contribution in [1.29, 1.82) is 0 Å². The predicted octanol–water partition coefficient (Wildman–Crippen LogP) is 4.30. The van der Waals surface area contributed by atoms with E-state index in [9.17, 15) is 0 Å². The first-order valence-electron chi connectivity index (χ1n) is 8.70. The largest absolute Gasteiger partial charge is 0.271 e. The molecule has 0 radical (unpaired) electrons. The number of aryl methyl sites for hydroxylation is 1. The summed E-state index contributed by atoms with van der Waals surface area (Å²) in [6.07, 6.45) is 9.07. The number of nitrogens with one attached hydrogen (secondary N) is 1. The molecule has 0 aromatic heterocycles. The van der Waals surface area contributed by atoms with Gasteiger partial charge < -0.3 is 0 Å². The molecule has 118 valence electrons. The minimum atomic E-state index is 0.502. The van der Waals surface area contributed by atoms with Gasteiger partial charge in [0.15, 0.2) is 0 Å². The van der Waals surface area contributed by atoms with Gasteiger partial charge in [0.1, 0.15) is 0 Å². The highest BCUT2D eigenvalue weighted by molar-refractivity contribution is 5.14. The summed E-state index contributed by atoms with van der Waals surface area (Å²) in [7, 11) is 0. The Bertz CT molecular complexity index is 380. The van der Waals surface area contributed by atoms with Crippen LogP contribution in [0.2, 0.25) is 0 Å². The number of hydrazine groups is 1. The van der Waals surface area contributed by atoms with Crippen molar-refractivity contribution in [1.82, 2.24) is 5.43 Å². The van der Waals surface area contributed by atoms with Crippen molar-refractivity contribution in [3.05, 3.63) is 35.9 Å². The van der Waals surface area contributed by atoms with Crippen LogP contribution in [0.5, 0.6) is 0 Å². The highest BCUT2D eigenvalue weighted by Gasteiger charge is 2.27. The summed E-state index contributed by atoms with van der Waals surface area (Å²) in [6.45, 7) is 4.73. The standard InChI is InChI=1S/C19H32N2/c1-15(2)17-11-13-18(14-12-17)19(21-20)10-6-9-16-7-4-3-5-8-16/h3-5,7-8,15,17-19,21H,6,9-14,20H2,1-2H3. The smallest absolute Gasteiger partial charge is 0.0238 e. The number of benzene rings is 1. The van der Waals surface area contributed by atoms with Gasteiger partial charge in [0.05, 0.1) is 0 Å². The van der Waals surface area contributed by atoms with Crippen LogP contribution in [0.25, 0.3) is 0 Å². The lowest BCUT2D eigenvalue weighted by Gasteiger charge is -2.35. The zero-order chi connectivity index (χ0) is 15.1. The van der Waals surface area contributed by atoms with E-state index in [4.69, 9.17) is 5.84 Å². The number of hydrogen-bond donors (Lipinski definition) is 2. The number of nitrogens with two attached hydrogens (primary N) is 1. The minimum Gasteiger partial charge on any atom is -0.271 e. The summed E-state index contributed by atoms with van der Waals surface area (Å²) in [5.74, 6) is 8.38. The second kappa shape index (κ2) is 8.55. The van der Waals surface area contributed by atoms with E-state index in [2.05, 4.69) is 49.6 Å². The molecule has 2 heteroatoms. The molecule has 1 aliphatic rings. The van der Waals surface area contributed by atoms with Crippen molar-refractivity contribution < 1.29 is 0 Å². The third kappa shape index (κ3) is 5.12. The molecule has 1 unspecified atom stereocenters. The Labute approximate surface area is 130 Å². The van der Waals surface area contributed by atoms with Crippen molar-refractivity contribution in [2.24, 2.45) is 23.6 Å². The molecule has 0 amide bonds. The van der Waals surface area contributed by atoms with Crippen LogP contribution in [0.1, 0.15) is 57.9 Å². The molecular formula is C19H32N2. The number of rotatable bonds is 7. The van der Waals surface area contributed by atoms with Crippen molar-refractivity contribution in [2.45, 2.75) is 64.8 Å². The molecule has 1 aromatic carbocycles. The first kappa shape index (κ1) is 16.5. The quantitative estimate of drug-likeness (QED) is 0.580. The SMILES string of the molecule is CC(C)C1CCC(C(CCCc2ccccc2)NN)CC1. The van der Waals surface area contributed by atoms with Crippen LogP contribution in [-0.2, 0) is 6.42 Å². The Balaban J connectivity index is 1.73. The van der Waals surface area contributed by atoms with Crippen LogP contribution in [0, 0.1) is 17.8 Å². The summed E-state index contributed by atoms with van der Waals surface area (Å²) in [6, 6.07) is 11.3. The Kier molecular flexibility index (Phi) is 6.72. The van der Waals surface area contributed by atoms with Crippen molar-refractivity contribution in [3.63, 3.8) is 0 Å². The Morgan fingerprint density at radius 3 is 2.24 bits per heavy atom. The molecule has 2 nitrogen and oxygen atoms in total. The lowest BCUT2D eigenvalue weighted by molar-refractivity contribution is 0.183. The van der Waals surface area contributed by atoms with Gasteiger partial charge in [-0.15, -0.1) is 0 Å². The van der Waals surface area contributed by atoms with Gasteiger partial charge in [-0.2, -0.15) is 0 Å². The molecule has 1 aliphatic carbocycles. The first-order chi connectivity index (χ1) is 10.2. The van der Waals surface area contributed by atoms with Crippen molar-refractivity contribution in [3.8, 4) is 0 Å². The Morgan fingerprint density at radius 1 is 1.05 bits per heavy atom. The second-order valence-corrected chi connectivity index (χ2v) is 7.07. The van der Waals surface area contributed by atoms with Crippen molar-refractivity contribution in [2.75, 3.05) is 0 Å². The Morgan fingerprint density at radius 2 is 1.67 bits per heavy atom. The molecule has 0 saturated heterocycles. The summed E-state index contributed by atoms with van der Waals surface area (Å²) in [5, 5.41) is 0. The zero-order valence-corrected chi connectivity index (χ0v) is 13.7. The molecule has 1 fully saturated rings. The molecule has 1 atom stereocenters. The molecule has 0 aliphatic heterocycles. The summed E-state index contributed by atoms with van der Waals surface area (Å²) in [5.41, 5.74) is 4.54. The highest BCUT2D eigenvalue weighted by Crippen LogP contribution is 2.35. The second-order valence-electron chi connectivity index (χ2n) is 7.07. The van der Waals surface area contributed by atoms with E-state index in [1.165, 1.54) is 50.5 Å². The van der Waals surface area contributed by atoms with Gasteiger partial charge in [0.25, 0.3) is 0 Å². The van der Waals surface area contributed by atoms with E-state index in [0.29, 0.717) is 6.04 Å². The van der Waals surface area contributed by atoms with E-state index in [1.54, 1.807) is 0 Å². The predicted molar refractivity (Wildman–Crippen MR) is 90.8 cm³/mol. The van der Waals surface area contributed by atoms with Crippen LogP contribution in [0.4, 0.5) is 0 Å². The maximum atomic E-state index is 5.83. The van der Waals surface area contributed by atoms with Crippen LogP contribution in [0.15, 0.2) is 30.3 Å². The van der Waals surface area contributed by atoms with E-state index >= 15 is 0 Å². The lowest BCUT2D eigenvalue weighted by atomic mass is 9.74. The third-order valence-electron chi connectivity index (χ3n) is 5.37. The Hall–Kier alpha value is -0.860. The molecule has 1 aromatic rings. The van der Waals surface area contributed by atoms with Gasteiger partial charge in [-0.25, -0.2) is 0 Å². The third-order valence-corrected chi connectivity index (χ3v) is 5.37. The van der Waals surface area contributed by atoms with Gasteiger partial charge in [0.2, 0.25) is 0 Å². The van der Waals surface area contributed by atoms with E-state index in [1.807, 2.05) is 0 Å². The molecule has 0 spiro atoms. The van der Waals surface area contributed by atoms with Crippen molar-refractivity contribution >= 4 is 0 Å². The van der Waals surface area contributed by atoms with E-state index in [0.717, 1.165) is 17.8 Å². The van der Waals surface area contributed by atoms with E-state index < -0.39 is 0 Å². The molecule has 2 rings (SSSR count). The van der Waals surface area contributed by atoms with Gasteiger partial charge in [0, 0.05) is 6.04 Å². The van der Waals surface area contributed by atoms with Gasteiger partial charge in [-0.05, 0) is 68.3 Å². The van der Waals surface area contributed by atoms with Gasteiger partial charge in [-0.3, -0.25) is 11.3 Å². The summed E-state index contributed by atoms with van der Waals surface area (Å²) in [4.78, 5) is 0. The topological polar surface area (TPSA) is 38.0 Å². The molecule has 0 bridgehead atoms. The van der Waals surface area contributed by atoms with E-state index in [-0.39, 0.29) is 0 Å². The van der Waals surface area contributed by atoms with Gasteiger partial charge >= 0.3 is 0 Å². The minimum absolute atomic E-state index is 0.502. The maximum absolute atomic E-state index is 5.83. The summed E-state index contributed by atoms with van der Waals surface area (Å²) >= 11 is 0. The van der Waals surface area contributed by atoms with Crippen LogP contribution in [-0.4, -0.2) is 6.04 Å². The first-order valence-corrected chi connectivity index (χ1v) is 8.70. The van der Waals surface area contributed by atoms with Crippen LogP contribution >= 0.6 is 0 Å². The monoisotopic (exact) mass is 288 g/mol. The molecule has 0 heterocycles. The maximum Gasteiger partial charge on any atom is 0.0238 e. The van der Waals surface area contributed by atoms with Gasteiger partial charge in [-0.1, -0.05) is 44.2 Å². The fourth-order valence-corrected chi connectivity index (χ4v) is 3.84. The van der Waals surface area contributed by atoms with Crippen LogP contribution in [0.3, 0.4) is 0 Å². The molecular weight excluding hydrogens is 256 g/mol. The van der Waals surface area contributed by atoms with Crippen LogP contribution < -0.4 is 11.3 Å². The average molecular weight is 288 g/mol. The normalized spacial score (nSPS) is 24.2. The average Bonchev–Trinajstić information content (AvgIpc) is 2.53. The zero-order valence-electron chi connectivity index (χ0n) is 13.7. The molecule has 21 heavy (non-hydrogen) atoms.